The molecule has 0 bridgehead atoms. The van der Waals surface area contributed by atoms with Crippen LogP contribution < -0.4 is 26.1 Å². The van der Waals surface area contributed by atoms with Gasteiger partial charge in [-0.05, 0) is 25.1 Å². The van der Waals surface area contributed by atoms with Gasteiger partial charge in [0.05, 0.1) is 19.9 Å². The number of rotatable bonds is 6. The highest BCUT2D eigenvalue weighted by Gasteiger charge is 2.08. The number of methoxy groups -OCH3 is 2. The molecule has 9 nitrogen and oxygen atoms in total. The molecule has 0 saturated carbocycles. The Bertz CT molecular complexity index is 571. The number of benzene rings is 1. The van der Waals surface area contributed by atoms with Gasteiger partial charge in [-0.1, -0.05) is 11.5 Å². The molecule has 0 unspecified atom stereocenters. The van der Waals surface area contributed by atoms with Crippen LogP contribution in [0.15, 0.2) is 29.4 Å². The van der Waals surface area contributed by atoms with Crippen molar-refractivity contribution in [2.24, 2.45) is 10.8 Å². The minimum Gasteiger partial charge on any atom is -0.493 e. The fraction of sp³-hybridized carbons (Fsp3) is 0.250. The van der Waals surface area contributed by atoms with Crippen LogP contribution in [-0.4, -0.2) is 25.2 Å². The Kier molecular flexibility index (Phi) is 5.80. The summed E-state index contributed by atoms with van der Waals surface area (Å²) in [6.45, 7) is 1.78. The zero-order valence-electron chi connectivity index (χ0n) is 11.9. The van der Waals surface area contributed by atoms with Crippen LogP contribution in [0.4, 0.5) is 0 Å². The minimum absolute atomic E-state index is 0.361. The second-order valence-corrected chi connectivity index (χ2v) is 3.75. The highest BCUT2D eigenvalue weighted by atomic mass is 16.7. The van der Waals surface area contributed by atoms with Gasteiger partial charge < -0.3 is 15.2 Å². The number of nitrogens with zero attached hydrogens (tertiary/aromatic N) is 2. The van der Waals surface area contributed by atoms with Crippen LogP contribution in [0.2, 0.25) is 0 Å². The number of hydrogen-bond acceptors (Lipinski definition) is 6. The number of hydrazine groups is 1. The van der Waals surface area contributed by atoms with Crippen molar-refractivity contribution in [1.29, 1.82) is 0 Å². The summed E-state index contributed by atoms with van der Waals surface area (Å²) < 4.78 is 10.4. The van der Waals surface area contributed by atoms with Gasteiger partial charge in [0, 0.05) is 5.56 Å². The molecule has 0 aliphatic rings. The molecule has 0 amide bonds. The summed E-state index contributed by atoms with van der Waals surface area (Å²) in [5.74, 6) is 0.783. The standard InChI is InChI=1S/C12H17N5O4/c1-4-9(14-15-12(13)16-17(18)19)8-5-6-10(20-2)11(7-8)21-3/h4-7,14H,1-3H3,(H3,13,15,16)/b9-4-. The van der Waals surface area contributed by atoms with Crippen molar-refractivity contribution < 1.29 is 14.5 Å². The van der Waals surface area contributed by atoms with E-state index in [1.807, 2.05) is 0 Å². The molecule has 1 rings (SSSR count). The van der Waals surface area contributed by atoms with Crippen molar-refractivity contribution in [3.8, 4) is 11.5 Å². The first-order valence-electron chi connectivity index (χ1n) is 5.90. The number of allylic oxidation sites excluding steroid dienone is 1. The Hall–Kier alpha value is -2.97. The van der Waals surface area contributed by atoms with E-state index in [-0.39, 0.29) is 5.96 Å². The predicted molar refractivity (Wildman–Crippen MR) is 78.1 cm³/mol. The van der Waals surface area contributed by atoms with E-state index in [0.717, 1.165) is 5.56 Å². The molecule has 1 aromatic rings. The molecule has 114 valence electrons. The molecule has 0 saturated heterocycles. The minimum atomic E-state index is -0.799. The highest BCUT2D eigenvalue weighted by Crippen LogP contribution is 2.29. The fourth-order valence-corrected chi connectivity index (χ4v) is 1.54. The van der Waals surface area contributed by atoms with Gasteiger partial charge >= 0.3 is 0 Å². The first kappa shape index (κ1) is 16.1. The molecule has 0 aromatic heterocycles. The van der Waals surface area contributed by atoms with Gasteiger partial charge in [0.1, 0.15) is 0 Å². The maximum atomic E-state index is 10.2. The third-order valence-electron chi connectivity index (χ3n) is 2.49. The van der Waals surface area contributed by atoms with Crippen LogP contribution in [0.5, 0.6) is 11.5 Å². The molecule has 0 radical (unpaired) electrons. The van der Waals surface area contributed by atoms with E-state index in [0.29, 0.717) is 17.2 Å². The van der Waals surface area contributed by atoms with E-state index < -0.39 is 5.03 Å². The number of hydrazone groups is 1. The lowest BCUT2D eigenvalue weighted by Gasteiger charge is -2.11. The van der Waals surface area contributed by atoms with Crippen molar-refractivity contribution in [3.05, 3.63) is 40.0 Å². The van der Waals surface area contributed by atoms with Crippen LogP contribution in [0.1, 0.15) is 12.5 Å². The molecule has 0 aliphatic carbocycles. The summed E-state index contributed by atoms with van der Waals surface area (Å²) in [6, 6.07) is 5.27. The molecular weight excluding hydrogens is 278 g/mol. The molecule has 0 spiro atoms. The maximum absolute atomic E-state index is 10.2. The van der Waals surface area contributed by atoms with Gasteiger partial charge in [0.2, 0.25) is 0 Å². The summed E-state index contributed by atoms with van der Waals surface area (Å²) in [5.41, 5.74) is 11.0. The number of nitrogens with one attached hydrogen (secondary N) is 2. The van der Waals surface area contributed by atoms with E-state index in [9.17, 15) is 10.1 Å². The van der Waals surface area contributed by atoms with Crippen molar-refractivity contribution >= 4 is 11.7 Å². The Morgan fingerprint density at radius 2 is 2.05 bits per heavy atom. The molecule has 9 heteroatoms. The molecule has 0 aliphatic heterocycles. The molecule has 0 atom stereocenters. The predicted octanol–water partition coefficient (Wildman–Crippen LogP) is 0.665. The SMILES string of the molecule is C/C=C(\NN=C(N)N[N+](=O)[O-])c1ccc(OC)c(OC)c1. The molecular formula is C12H17N5O4. The number of nitro groups is 1. The first-order chi connectivity index (χ1) is 10.0. The Morgan fingerprint density at radius 1 is 1.38 bits per heavy atom. The van der Waals surface area contributed by atoms with Gasteiger partial charge in [-0.3, -0.25) is 5.43 Å². The zero-order chi connectivity index (χ0) is 15.8. The second kappa shape index (κ2) is 7.58. The van der Waals surface area contributed by atoms with E-state index in [1.54, 1.807) is 43.7 Å². The van der Waals surface area contributed by atoms with Gasteiger partial charge in [-0.15, -0.1) is 5.10 Å². The number of ether oxygens (including phenoxy) is 2. The van der Waals surface area contributed by atoms with Gasteiger partial charge in [-0.2, -0.15) is 0 Å². The summed E-state index contributed by atoms with van der Waals surface area (Å²) in [5, 5.41) is 13.1. The van der Waals surface area contributed by atoms with Crippen molar-refractivity contribution in [2.75, 3.05) is 14.2 Å². The third-order valence-corrected chi connectivity index (χ3v) is 2.49. The number of nitrogens with two attached hydrogens (primary N) is 1. The van der Waals surface area contributed by atoms with Crippen LogP contribution in [0, 0.1) is 10.1 Å². The van der Waals surface area contributed by atoms with Gasteiger partial charge in [0.15, 0.2) is 16.5 Å². The normalized spacial score (nSPS) is 11.8. The van der Waals surface area contributed by atoms with Crippen molar-refractivity contribution in [3.63, 3.8) is 0 Å². The Morgan fingerprint density at radius 3 is 2.57 bits per heavy atom. The fourth-order valence-electron chi connectivity index (χ4n) is 1.54. The zero-order valence-corrected chi connectivity index (χ0v) is 11.9. The summed E-state index contributed by atoms with van der Waals surface area (Å²) in [7, 11) is 3.07. The van der Waals surface area contributed by atoms with Crippen molar-refractivity contribution in [1.82, 2.24) is 10.9 Å². The van der Waals surface area contributed by atoms with E-state index in [4.69, 9.17) is 15.2 Å². The first-order valence-corrected chi connectivity index (χ1v) is 5.90. The van der Waals surface area contributed by atoms with Crippen LogP contribution in [0.25, 0.3) is 5.70 Å². The monoisotopic (exact) mass is 295 g/mol. The third kappa shape index (κ3) is 4.56. The van der Waals surface area contributed by atoms with Crippen LogP contribution >= 0.6 is 0 Å². The lowest BCUT2D eigenvalue weighted by molar-refractivity contribution is -0.525. The molecule has 0 heterocycles. The Labute approximate surface area is 121 Å². The van der Waals surface area contributed by atoms with E-state index in [1.165, 1.54) is 7.11 Å². The van der Waals surface area contributed by atoms with Crippen LogP contribution in [0.3, 0.4) is 0 Å². The maximum Gasteiger partial charge on any atom is 0.273 e. The quantitative estimate of drug-likeness (QED) is 0.305. The number of guanidine groups is 1. The second-order valence-electron chi connectivity index (χ2n) is 3.75. The highest BCUT2D eigenvalue weighted by molar-refractivity contribution is 5.77. The van der Waals surface area contributed by atoms with Crippen LogP contribution in [-0.2, 0) is 0 Å². The summed E-state index contributed by atoms with van der Waals surface area (Å²) in [6.07, 6.45) is 1.74. The van der Waals surface area contributed by atoms with Gasteiger partial charge in [0.25, 0.3) is 5.96 Å². The van der Waals surface area contributed by atoms with Crippen molar-refractivity contribution in [2.45, 2.75) is 6.92 Å². The molecule has 0 fully saturated rings. The summed E-state index contributed by atoms with van der Waals surface area (Å²) >= 11 is 0. The van der Waals surface area contributed by atoms with E-state index >= 15 is 0 Å². The number of hydrogen-bond donors (Lipinski definition) is 3. The largest absolute Gasteiger partial charge is 0.493 e. The lowest BCUT2D eigenvalue weighted by Crippen LogP contribution is -2.37. The topological polar surface area (TPSA) is 124 Å². The lowest BCUT2D eigenvalue weighted by atomic mass is 10.1. The smallest absolute Gasteiger partial charge is 0.273 e. The molecule has 4 N–H and O–H groups in total. The molecule has 1 aromatic carbocycles. The molecule has 21 heavy (non-hydrogen) atoms. The van der Waals surface area contributed by atoms with Gasteiger partial charge in [-0.25, -0.2) is 10.1 Å². The average Bonchev–Trinajstić information content (AvgIpc) is 2.46. The average molecular weight is 295 g/mol. The summed E-state index contributed by atoms with van der Waals surface area (Å²) in [4.78, 5) is 10.2. The van der Waals surface area contributed by atoms with E-state index in [2.05, 4.69) is 10.5 Å². The Balaban J connectivity index is 2.94.